The molecule has 7 heteroatoms. The van der Waals surface area contributed by atoms with Crippen molar-refractivity contribution >= 4 is 41.4 Å². The van der Waals surface area contributed by atoms with E-state index in [-0.39, 0.29) is 48.0 Å². The van der Waals surface area contributed by atoms with Gasteiger partial charge in [-0.15, -0.1) is 0 Å². The Morgan fingerprint density at radius 1 is 0.944 bits per heavy atom. The van der Waals surface area contributed by atoms with Crippen LogP contribution in [0.1, 0.15) is 47.7 Å². The molecule has 186 valence electrons. The molecule has 0 heterocycles. The van der Waals surface area contributed by atoms with Crippen LogP contribution in [0.2, 0.25) is 0 Å². The molecular formula is C29H34NNaO5. The van der Waals surface area contributed by atoms with Gasteiger partial charge in [-0.1, -0.05) is 62.2 Å². The molecular weight excluding hydrogens is 465 g/mol. The second kappa shape index (κ2) is 15.5. The monoisotopic (exact) mass is 499 g/mol. The topological polar surface area (TPSA) is 95.9 Å². The number of unbranched alkanes of at least 4 members (excludes halogenated alkanes) is 1. The van der Waals surface area contributed by atoms with Gasteiger partial charge in [-0.3, -0.25) is 9.59 Å². The van der Waals surface area contributed by atoms with E-state index in [0.29, 0.717) is 37.3 Å². The number of amides is 1. The first-order chi connectivity index (χ1) is 17.0. The van der Waals surface area contributed by atoms with Crippen LogP contribution < -0.4 is 10.1 Å². The molecule has 0 spiro atoms. The van der Waals surface area contributed by atoms with E-state index in [2.05, 4.69) is 12.2 Å². The maximum absolute atomic E-state index is 12.4. The molecule has 0 saturated heterocycles. The molecule has 0 aliphatic rings. The number of ether oxygens (including phenoxy) is 1. The van der Waals surface area contributed by atoms with Gasteiger partial charge in [0.2, 0.25) is 0 Å². The summed E-state index contributed by atoms with van der Waals surface area (Å²) in [6, 6.07) is 22.5. The Labute approximate surface area is 235 Å². The average Bonchev–Trinajstić information content (AvgIpc) is 2.89. The fourth-order valence-electron chi connectivity index (χ4n) is 3.87. The fraction of sp³-hybridized carbons (Fsp3) is 0.310. The van der Waals surface area contributed by atoms with E-state index in [1.54, 1.807) is 12.1 Å². The molecule has 36 heavy (non-hydrogen) atoms. The van der Waals surface area contributed by atoms with Gasteiger partial charge in [0.15, 0.2) is 0 Å². The van der Waals surface area contributed by atoms with Crippen LogP contribution >= 0.6 is 0 Å². The van der Waals surface area contributed by atoms with Gasteiger partial charge in [0.05, 0.1) is 19.1 Å². The minimum atomic E-state index is -0.750. The van der Waals surface area contributed by atoms with Crippen molar-refractivity contribution in [2.45, 2.75) is 39.2 Å². The summed E-state index contributed by atoms with van der Waals surface area (Å²) < 4.78 is 5.71. The van der Waals surface area contributed by atoms with Gasteiger partial charge in [-0.25, -0.2) is 0 Å². The zero-order valence-corrected chi connectivity index (χ0v) is 20.1. The summed E-state index contributed by atoms with van der Waals surface area (Å²) in [5.41, 5.74) is 4.34. The van der Waals surface area contributed by atoms with Crippen molar-refractivity contribution in [3.63, 3.8) is 0 Å². The molecule has 0 aliphatic carbocycles. The Kier molecular flexibility index (Phi) is 12.7. The van der Waals surface area contributed by atoms with Crippen LogP contribution in [-0.4, -0.2) is 64.8 Å². The molecule has 0 bridgehead atoms. The van der Waals surface area contributed by atoms with Crippen LogP contribution in [0.3, 0.4) is 0 Å². The number of carboxylic acid groups (broad SMARTS) is 1. The molecule has 3 aromatic rings. The number of hydrogen-bond donors (Lipinski definition) is 3. The van der Waals surface area contributed by atoms with Crippen molar-refractivity contribution in [3.05, 3.63) is 89.5 Å². The Morgan fingerprint density at radius 3 is 2.31 bits per heavy atom. The maximum atomic E-state index is 12.4. The van der Waals surface area contributed by atoms with E-state index in [0.717, 1.165) is 35.1 Å². The van der Waals surface area contributed by atoms with Crippen LogP contribution in [0.25, 0.3) is 11.1 Å². The van der Waals surface area contributed by atoms with Crippen LogP contribution in [0, 0.1) is 5.92 Å². The van der Waals surface area contributed by atoms with E-state index >= 15 is 0 Å². The molecule has 0 radical (unpaired) electrons. The van der Waals surface area contributed by atoms with Gasteiger partial charge >= 0.3 is 35.5 Å². The van der Waals surface area contributed by atoms with Crippen molar-refractivity contribution in [3.8, 4) is 16.9 Å². The first-order valence-electron chi connectivity index (χ1n) is 12.0. The number of carbonyl (C=O) groups is 2. The van der Waals surface area contributed by atoms with Gasteiger partial charge in [-0.05, 0) is 65.4 Å². The predicted molar refractivity (Wildman–Crippen MR) is 144 cm³/mol. The molecule has 1 amide bonds. The van der Waals surface area contributed by atoms with Crippen molar-refractivity contribution in [2.24, 2.45) is 5.92 Å². The standard InChI is InChI=1S/C29H33NO5.Na.H/c1-2-3-6-26(29(33)34)18-21-8-14-27(15-9-21)35-17-16-30-28(32)24-12-10-23(11-13-24)25-7-4-5-22(19-25)20-31;;/h4-5,7-15,19,26,31H,2-3,6,16-18,20H2,1H3,(H,30,32)(H,33,34);;. The third-order valence-electron chi connectivity index (χ3n) is 5.91. The molecule has 3 rings (SSSR count). The summed E-state index contributed by atoms with van der Waals surface area (Å²) in [5.74, 6) is -0.610. The quantitative estimate of drug-likeness (QED) is 0.239. The van der Waals surface area contributed by atoms with Crippen molar-refractivity contribution in [2.75, 3.05) is 13.2 Å². The molecule has 0 aliphatic heterocycles. The summed E-state index contributed by atoms with van der Waals surface area (Å²) in [7, 11) is 0. The number of carbonyl (C=O) groups excluding carboxylic acids is 1. The van der Waals surface area contributed by atoms with Crippen LogP contribution in [-0.2, 0) is 17.8 Å². The number of aliphatic carboxylic acids is 1. The SMILES string of the molecule is CCCCC(Cc1ccc(OCCNC(=O)c2ccc(-c3cccc(CO)c3)cc2)cc1)C(=O)O.[NaH]. The predicted octanol–water partition coefficient (Wildman–Crippen LogP) is 4.44. The number of hydrogen-bond acceptors (Lipinski definition) is 4. The summed E-state index contributed by atoms with van der Waals surface area (Å²) in [5, 5.41) is 21.6. The Bertz CT molecular complexity index is 1100. The number of aliphatic hydroxyl groups excluding tert-OH is 1. The third kappa shape index (κ3) is 9.10. The number of rotatable bonds is 13. The molecule has 3 aromatic carbocycles. The fourth-order valence-corrected chi connectivity index (χ4v) is 3.87. The minimum absolute atomic E-state index is 0. The van der Waals surface area contributed by atoms with Crippen LogP contribution in [0.15, 0.2) is 72.8 Å². The molecule has 1 atom stereocenters. The van der Waals surface area contributed by atoms with E-state index in [4.69, 9.17) is 4.74 Å². The van der Waals surface area contributed by atoms with E-state index in [1.807, 2.05) is 60.7 Å². The first kappa shape index (κ1) is 29.6. The van der Waals surface area contributed by atoms with Crippen LogP contribution in [0.4, 0.5) is 0 Å². The second-order valence-corrected chi connectivity index (χ2v) is 8.57. The first-order valence-corrected chi connectivity index (χ1v) is 12.0. The molecule has 0 aromatic heterocycles. The Morgan fingerprint density at radius 2 is 1.67 bits per heavy atom. The zero-order chi connectivity index (χ0) is 25.0. The van der Waals surface area contributed by atoms with Crippen molar-refractivity contribution in [1.82, 2.24) is 5.32 Å². The molecule has 3 N–H and O–H groups in total. The van der Waals surface area contributed by atoms with Gasteiger partial charge in [0, 0.05) is 5.56 Å². The second-order valence-electron chi connectivity index (χ2n) is 8.57. The van der Waals surface area contributed by atoms with E-state index in [9.17, 15) is 19.8 Å². The van der Waals surface area contributed by atoms with Crippen molar-refractivity contribution < 1.29 is 24.5 Å². The summed E-state index contributed by atoms with van der Waals surface area (Å²) >= 11 is 0. The number of aliphatic hydroxyl groups is 1. The number of carboxylic acids is 1. The van der Waals surface area contributed by atoms with Crippen molar-refractivity contribution in [1.29, 1.82) is 0 Å². The molecule has 0 fully saturated rings. The molecule has 0 saturated carbocycles. The van der Waals surface area contributed by atoms with E-state index in [1.165, 1.54) is 0 Å². The molecule has 1 unspecified atom stereocenters. The Hall–Kier alpha value is -2.64. The van der Waals surface area contributed by atoms with Crippen LogP contribution in [0.5, 0.6) is 5.75 Å². The Balaban J connectivity index is 0.00000456. The summed E-state index contributed by atoms with van der Waals surface area (Å²) in [4.78, 5) is 23.9. The molecule has 6 nitrogen and oxygen atoms in total. The average molecular weight is 500 g/mol. The summed E-state index contributed by atoms with van der Waals surface area (Å²) in [6.07, 6.45) is 3.09. The van der Waals surface area contributed by atoms with E-state index < -0.39 is 5.97 Å². The number of benzene rings is 3. The number of nitrogens with one attached hydrogen (secondary N) is 1. The van der Waals surface area contributed by atoms with Gasteiger partial charge in [0.25, 0.3) is 5.91 Å². The van der Waals surface area contributed by atoms with Gasteiger partial charge < -0.3 is 20.3 Å². The normalized spacial score (nSPS) is 11.3. The zero-order valence-electron chi connectivity index (χ0n) is 20.1. The summed E-state index contributed by atoms with van der Waals surface area (Å²) in [6.45, 7) is 2.73. The van der Waals surface area contributed by atoms with Gasteiger partial charge in [0.1, 0.15) is 12.4 Å². The van der Waals surface area contributed by atoms with Gasteiger partial charge in [-0.2, -0.15) is 0 Å². The third-order valence-corrected chi connectivity index (χ3v) is 5.91.